The molecule has 0 aromatic rings. The molecule has 2 N–H and O–H groups in total. The minimum Gasteiger partial charge on any atom is -0.465 e. The van der Waals surface area contributed by atoms with Gasteiger partial charge in [-0.25, -0.2) is 0 Å². The van der Waals surface area contributed by atoms with E-state index in [-0.39, 0.29) is 5.97 Å². The van der Waals surface area contributed by atoms with Gasteiger partial charge < -0.3 is 15.2 Å². The predicted octanol–water partition coefficient (Wildman–Crippen LogP) is 0.303. The molecule has 1 rings (SSSR count). The third-order valence-corrected chi connectivity index (χ3v) is 2.20. The minimum absolute atomic E-state index is 0.297. The fraction of sp³-hybridized carbons (Fsp3) is 0.889. The summed E-state index contributed by atoms with van der Waals surface area (Å²) in [6, 6.07) is -0.480. The van der Waals surface area contributed by atoms with Crippen molar-refractivity contribution in [1.82, 2.24) is 0 Å². The lowest BCUT2D eigenvalue weighted by Gasteiger charge is -2.13. The first-order valence-electron chi connectivity index (χ1n) is 4.74. The lowest BCUT2D eigenvalue weighted by molar-refractivity contribution is -0.145. The number of esters is 1. The van der Waals surface area contributed by atoms with Crippen LogP contribution < -0.4 is 5.73 Å². The van der Waals surface area contributed by atoms with Gasteiger partial charge >= 0.3 is 5.97 Å². The lowest BCUT2D eigenvalue weighted by Crippen LogP contribution is -2.34. The van der Waals surface area contributed by atoms with Crippen molar-refractivity contribution in [3.8, 4) is 0 Å². The molecule has 0 aromatic heterocycles. The second kappa shape index (κ2) is 5.19. The Morgan fingerprint density at radius 1 is 1.77 bits per heavy atom. The van der Waals surface area contributed by atoms with Crippen LogP contribution >= 0.6 is 0 Å². The molecule has 0 unspecified atom stereocenters. The van der Waals surface area contributed by atoms with Crippen LogP contribution in [0, 0.1) is 5.92 Å². The van der Waals surface area contributed by atoms with Crippen molar-refractivity contribution in [2.45, 2.75) is 25.8 Å². The molecule has 1 heterocycles. The van der Waals surface area contributed by atoms with Gasteiger partial charge in [-0.2, -0.15) is 0 Å². The maximum atomic E-state index is 11.1. The van der Waals surface area contributed by atoms with Crippen molar-refractivity contribution >= 4 is 5.97 Å². The number of carbonyl (C=O) groups excluding carboxylic acids is 1. The number of hydrogen-bond acceptors (Lipinski definition) is 4. The quantitative estimate of drug-likeness (QED) is 0.643. The molecule has 0 aliphatic carbocycles. The second-order valence-electron chi connectivity index (χ2n) is 3.32. The van der Waals surface area contributed by atoms with Crippen molar-refractivity contribution in [3.05, 3.63) is 0 Å². The smallest absolute Gasteiger partial charge is 0.322 e. The standard InChI is InChI=1S/C9H17NO3/c1-2-13-9(11)8(10)5-7-3-4-12-6-7/h7-8H,2-6,10H2,1H3/t7-,8-/m0/s1. The normalized spacial score (nSPS) is 24.3. The molecule has 4 nitrogen and oxygen atoms in total. The predicted molar refractivity (Wildman–Crippen MR) is 48.2 cm³/mol. The van der Waals surface area contributed by atoms with E-state index < -0.39 is 6.04 Å². The van der Waals surface area contributed by atoms with Crippen LogP contribution in [0.15, 0.2) is 0 Å². The Labute approximate surface area is 78.4 Å². The third-order valence-electron chi connectivity index (χ3n) is 2.20. The summed E-state index contributed by atoms with van der Waals surface area (Å²) in [7, 11) is 0. The molecule has 0 aromatic carbocycles. The highest BCUT2D eigenvalue weighted by Crippen LogP contribution is 2.17. The average Bonchev–Trinajstić information content (AvgIpc) is 2.57. The highest BCUT2D eigenvalue weighted by molar-refractivity contribution is 5.75. The van der Waals surface area contributed by atoms with Crippen LogP contribution in [0.3, 0.4) is 0 Å². The first-order chi connectivity index (χ1) is 6.24. The van der Waals surface area contributed by atoms with E-state index >= 15 is 0 Å². The third kappa shape index (κ3) is 3.32. The summed E-state index contributed by atoms with van der Waals surface area (Å²) in [5.41, 5.74) is 5.65. The zero-order chi connectivity index (χ0) is 9.68. The molecule has 0 bridgehead atoms. The molecule has 1 aliphatic heterocycles. The zero-order valence-corrected chi connectivity index (χ0v) is 7.99. The van der Waals surface area contributed by atoms with Gasteiger partial charge in [-0.05, 0) is 25.7 Å². The van der Waals surface area contributed by atoms with E-state index in [1.807, 2.05) is 0 Å². The van der Waals surface area contributed by atoms with Crippen LogP contribution in [0.2, 0.25) is 0 Å². The van der Waals surface area contributed by atoms with E-state index in [4.69, 9.17) is 15.2 Å². The first kappa shape index (κ1) is 10.5. The molecule has 76 valence electrons. The Balaban J connectivity index is 2.22. The van der Waals surface area contributed by atoms with Gasteiger partial charge in [0.15, 0.2) is 0 Å². The highest BCUT2D eigenvalue weighted by atomic mass is 16.5. The SMILES string of the molecule is CCOC(=O)[C@@H](N)C[C@@H]1CCOC1. The molecule has 0 radical (unpaired) electrons. The Bertz CT molecular complexity index is 166. The summed E-state index contributed by atoms with van der Waals surface area (Å²) in [5.74, 6) is 0.133. The molecule has 1 fully saturated rings. The molecule has 4 heteroatoms. The molecular weight excluding hydrogens is 170 g/mol. The Hall–Kier alpha value is -0.610. The Kier molecular flexibility index (Phi) is 4.18. The molecule has 1 aliphatic rings. The van der Waals surface area contributed by atoms with Crippen LogP contribution in [-0.4, -0.2) is 31.8 Å². The zero-order valence-electron chi connectivity index (χ0n) is 7.99. The topological polar surface area (TPSA) is 61.5 Å². The van der Waals surface area contributed by atoms with Gasteiger partial charge in [-0.15, -0.1) is 0 Å². The average molecular weight is 187 g/mol. The number of nitrogens with two attached hydrogens (primary N) is 1. The van der Waals surface area contributed by atoms with Gasteiger partial charge in [0.25, 0.3) is 0 Å². The minimum atomic E-state index is -0.480. The molecule has 13 heavy (non-hydrogen) atoms. The maximum absolute atomic E-state index is 11.1. The summed E-state index contributed by atoms with van der Waals surface area (Å²) in [4.78, 5) is 11.1. The number of hydrogen-bond donors (Lipinski definition) is 1. The summed E-state index contributed by atoms with van der Waals surface area (Å²) in [5, 5.41) is 0. The summed E-state index contributed by atoms with van der Waals surface area (Å²) in [6.45, 7) is 3.70. The van der Waals surface area contributed by atoms with E-state index in [0.717, 1.165) is 19.6 Å². The summed E-state index contributed by atoms with van der Waals surface area (Å²) < 4.78 is 10.00. The van der Waals surface area contributed by atoms with Gasteiger partial charge in [-0.3, -0.25) is 4.79 Å². The number of carbonyl (C=O) groups is 1. The molecule has 2 atom stereocenters. The summed E-state index contributed by atoms with van der Waals surface area (Å²) in [6.07, 6.45) is 1.69. The van der Waals surface area contributed by atoms with Crippen molar-refractivity contribution in [2.24, 2.45) is 11.7 Å². The van der Waals surface area contributed by atoms with Crippen LogP contribution in [0.5, 0.6) is 0 Å². The van der Waals surface area contributed by atoms with E-state index in [1.54, 1.807) is 6.92 Å². The highest BCUT2D eigenvalue weighted by Gasteiger charge is 2.23. The van der Waals surface area contributed by atoms with E-state index in [2.05, 4.69) is 0 Å². The maximum Gasteiger partial charge on any atom is 0.322 e. The largest absolute Gasteiger partial charge is 0.465 e. The van der Waals surface area contributed by atoms with Gasteiger partial charge in [0.1, 0.15) is 6.04 Å². The van der Waals surface area contributed by atoms with Crippen molar-refractivity contribution < 1.29 is 14.3 Å². The second-order valence-corrected chi connectivity index (χ2v) is 3.32. The van der Waals surface area contributed by atoms with Crippen LogP contribution in [-0.2, 0) is 14.3 Å². The van der Waals surface area contributed by atoms with Crippen molar-refractivity contribution in [3.63, 3.8) is 0 Å². The fourth-order valence-electron chi connectivity index (χ4n) is 1.47. The van der Waals surface area contributed by atoms with E-state index in [0.29, 0.717) is 18.9 Å². The van der Waals surface area contributed by atoms with Crippen LogP contribution in [0.1, 0.15) is 19.8 Å². The van der Waals surface area contributed by atoms with Crippen LogP contribution in [0.25, 0.3) is 0 Å². The first-order valence-corrected chi connectivity index (χ1v) is 4.74. The van der Waals surface area contributed by atoms with Gasteiger partial charge in [0.05, 0.1) is 6.61 Å². The van der Waals surface area contributed by atoms with Gasteiger partial charge in [-0.1, -0.05) is 0 Å². The van der Waals surface area contributed by atoms with Crippen LogP contribution in [0.4, 0.5) is 0 Å². The van der Waals surface area contributed by atoms with E-state index in [9.17, 15) is 4.79 Å². The number of ether oxygens (including phenoxy) is 2. The van der Waals surface area contributed by atoms with Gasteiger partial charge in [0, 0.05) is 13.2 Å². The van der Waals surface area contributed by atoms with Gasteiger partial charge in [0.2, 0.25) is 0 Å². The lowest BCUT2D eigenvalue weighted by atomic mass is 10.00. The van der Waals surface area contributed by atoms with E-state index in [1.165, 1.54) is 0 Å². The van der Waals surface area contributed by atoms with Crippen molar-refractivity contribution in [2.75, 3.05) is 19.8 Å². The van der Waals surface area contributed by atoms with Crippen molar-refractivity contribution in [1.29, 1.82) is 0 Å². The fourth-order valence-corrected chi connectivity index (χ4v) is 1.47. The number of rotatable bonds is 4. The Morgan fingerprint density at radius 3 is 3.08 bits per heavy atom. The Morgan fingerprint density at radius 2 is 2.54 bits per heavy atom. The molecule has 0 saturated carbocycles. The molecule has 1 saturated heterocycles. The summed E-state index contributed by atoms with van der Waals surface area (Å²) >= 11 is 0. The molecular formula is C9H17NO3. The molecule has 0 amide bonds. The monoisotopic (exact) mass is 187 g/mol. The molecule has 0 spiro atoms.